The average Bonchev–Trinajstić information content (AvgIpc) is 0.932. The Bertz CT molecular complexity index is 2650. The Balaban J connectivity index is 2.07. The minimum atomic E-state index is -1.84. The monoisotopic (exact) mass is 1430 g/mol. The van der Waals surface area contributed by atoms with Crippen molar-refractivity contribution in [3.05, 3.63) is 35.9 Å². The van der Waals surface area contributed by atoms with Crippen LogP contribution in [0.2, 0.25) is 0 Å². The highest BCUT2D eigenvalue weighted by atomic mass is 32.2. The summed E-state index contributed by atoms with van der Waals surface area (Å²) in [5.41, 5.74) is 11.7. The third-order valence-corrected chi connectivity index (χ3v) is 15.0. The van der Waals surface area contributed by atoms with E-state index in [1.165, 1.54) is 0 Å². The van der Waals surface area contributed by atoms with E-state index in [1.54, 1.807) is 30.3 Å². The number of nitrogens with two attached hydrogens (primary N) is 3. The molecule has 7 atom stereocenters. The zero-order valence-corrected chi connectivity index (χ0v) is 56.4. The van der Waals surface area contributed by atoms with E-state index in [-0.39, 0.29) is 114 Å². The summed E-state index contributed by atoms with van der Waals surface area (Å²) in [5.74, 6) is -7.99. The van der Waals surface area contributed by atoms with Crippen molar-refractivity contribution in [2.75, 3.05) is 142 Å². The molecule has 40 heteroatoms. The van der Waals surface area contributed by atoms with Crippen LogP contribution in [0.5, 0.6) is 0 Å². The fourth-order valence-corrected chi connectivity index (χ4v) is 9.69. The van der Waals surface area contributed by atoms with Crippen molar-refractivity contribution in [2.24, 2.45) is 17.4 Å². The molecule has 1 unspecified atom stereocenters. The zero-order valence-electron chi connectivity index (χ0n) is 53.8. The predicted molar refractivity (Wildman–Crippen MR) is 355 cm³/mol. The summed E-state index contributed by atoms with van der Waals surface area (Å²) in [6.45, 7) is 1.76. The van der Waals surface area contributed by atoms with Gasteiger partial charge in [0.2, 0.25) is 70.9 Å². The fourth-order valence-electron chi connectivity index (χ4n) is 8.36. The van der Waals surface area contributed by atoms with Gasteiger partial charge in [0, 0.05) is 44.1 Å². The minimum absolute atomic E-state index is 0.0367. The van der Waals surface area contributed by atoms with Crippen molar-refractivity contribution in [3.63, 3.8) is 0 Å². The molecular formula is C57H94N16O21S3. The predicted octanol–water partition coefficient (Wildman–Crippen LogP) is -7.53. The zero-order chi connectivity index (χ0) is 71.6. The third-order valence-electron chi connectivity index (χ3n) is 13.3. The first kappa shape index (κ1) is 85.4. The highest BCUT2D eigenvalue weighted by Crippen LogP contribution is 2.11. The van der Waals surface area contributed by atoms with Crippen molar-refractivity contribution in [3.8, 4) is 0 Å². The van der Waals surface area contributed by atoms with Crippen LogP contribution >= 0.6 is 37.0 Å². The largest absolute Gasteiger partial charge is 0.481 e. The lowest BCUT2D eigenvalue weighted by Crippen LogP contribution is -2.59. The first-order valence-corrected chi connectivity index (χ1v) is 33.4. The number of guanidine groups is 1. The number of carbonyl (C=O) groups is 13. The maximum Gasteiger partial charge on any atom is 0.305 e. The number of hydrogen-bond acceptors (Lipinski definition) is 25. The van der Waals surface area contributed by atoms with Gasteiger partial charge in [0.1, 0.15) is 62.1 Å². The van der Waals surface area contributed by atoms with Gasteiger partial charge in [0.15, 0.2) is 5.96 Å². The molecule has 0 aromatic heterocycles. The van der Waals surface area contributed by atoms with E-state index in [0.29, 0.717) is 58.4 Å². The van der Waals surface area contributed by atoms with E-state index in [0.717, 1.165) is 11.8 Å². The summed E-state index contributed by atoms with van der Waals surface area (Å²) in [6.07, 6.45) is -0.881. The van der Waals surface area contributed by atoms with Crippen LogP contribution in [0.3, 0.4) is 0 Å². The lowest BCUT2D eigenvalue weighted by atomic mass is 10.0. The molecule has 20 N–H and O–H groups in total. The van der Waals surface area contributed by atoms with Crippen LogP contribution in [0.15, 0.2) is 30.3 Å². The maximum absolute atomic E-state index is 14.0. The molecule has 37 nitrogen and oxygen atoms in total. The molecule has 12 amide bonds. The Labute approximate surface area is 575 Å². The number of carboxylic acids is 1. The van der Waals surface area contributed by atoms with Gasteiger partial charge in [-0.1, -0.05) is 30.3 Å². The fraction of sp³-hybridized carbons (Fsp3) is 0.649. The molecule has 1 aliphatic rings. The number of rotatable bonds is 40. The standard InChI is InChI=1S/C57H94N16O21S3/c58-50(81)37-11-26-97-35-48(78)67-39(9-4-5-12-62-45(75)30-93-31-46(76)63-14-16-88-18-20-90-22-24-92-25-23-91-21-19-89-17-15-64-47(77)32-94-61)52(83)72-42(33-95)55(86)70-38(10-6-13-65-57(59)60)51(82)66-29-44(74)68-41(28-49(79)80)54(85)73-43(34-96)56(87)71-40(53(84)69-37)27-36-7-2-1-3-8-36/h1-3,7-8,37-43,95-96H,4-6,9-35,61H2,(H2,58,81)(H,62,75)(H,63,76)(H,64,77)(H,66,82)(H,67,78)(H,68,74)(H,69,84)(H,70,86)(H,71,87)(H,72,83)(H,73,85)(H,79,80)(H4,59,60,65)/t37-,38-,39-,40-,41-,42-,43?/m0/s1. The number of carbonyl (C=O) groups excluding carboxylic acids is 12. The summed E-state index contributed by atoms with van der Waals surface area (Å²) in [4.78, 5) is 175. The van der Waals surface area contributed by atoms with Gasteiger partial charge >= 0.3 is 5.97 Å². The van der Waals surface area contributed by atoms with Crippen LogP contribution in [-0.2, 0) is 102 Å². The van der Waals surface area contributed by atoms with Crippen molar-refractivity contribution in [1.82, 2.24) is 63.8 Å². The molecule has 1 aliphatic heterocycles. The molecule has 546 valence electrons. The SMILES string of the molecule is N=C(N)NCCC[C@@H]1NC(=O)[C@H](CS)NC(=O)[C@H](CCCCNC(=O)COCC(=O)NCCOCCOCCOCCOCCOCCNC(=O)CON)NC(=O)CSCC[C@@H](C(N)=O)NC(=O)[C@H](Cc2ccccc2)NC(=O)C(CS)NC(=O)[C@H](CC(=O)O)NC(=O)CNC1=O. The van der Waals surface area contributed by atoms with Gasteiger partial charge in [-0.25, -0.2) is 5.90 Å². The molecule has 0 bridgehead atoms. The number of ether oxygens (including phenoxy) is 6. The maximum atomic E-state index is 14.0. The smallest absolute Gasteiger partial charge is 0.305 e. The molecule has 1 fully saturated rings. The van der Waals surface area contributed by atoms with Crippen LogP contribution in [0.25, 0.3) is 0 Å². The van der Waals surface area contributed by atoms with Crippen molar-refractivity contribution in [1.29, 1.82) is 5.41 Å². The number of thioether (sulfide) groups is 1. The Morgan fingerprint density at radius 3 is 1.51 bits per heavy atom. The lowest BCUT2D eigenvalue weighted by molar-refractivity contribution is -0.141. The van der Waals surface area contributed by atoms with E-state index >= 15 is 0 Å². The van der Waals surface area contributed by atoms with E-state index < -0.39 is 151 Å². The Morgan fingerprint density at radius 1 is 0.526 bits per heavy atom. The minimum Gasteiger partial charge on any atom is -0.481 e. The van der Waals surface area contributed by atoms with E-state index in [2.05, 4.69) is 93.9 Å². The Morgan fingerprint density at radius 2 is 0.979 bits per heavy atom. The number of primary amides is 1. The van der Waals surface area contributed by atoms with Gasteiger partial charge in [-0.2, -0.15) is 37.0 Å². The average molecular weight is 1440 g/mol. The summed E-state index contributed by atoms with van der Waals surface area (Å²) in [7, 11) is 0. The first-order chi connectivity index (χ1) is 46.6. The molecule has 1 saturated heterocycles. The molecule has 0 aliphatic carbocycles. The number of thiol groups is 2. The van der Waals surface area contributed by atoms with E-state index in [9.17, 15) is 67.4 Å². The van der Waals surface area contributed by atoms with Gasteiger partial charge in [0.05, 0.1) is 84.8 Å². The number of nitrogens with one attached hydrogen (secondary N) is 13. The number of carboxylic acid groups (broad SMARTS) is 1. The molecular weight excluding hydrogens is 1340 g/mol. The summed E-state index contributed by atoms with van der Waals surface area (Å²) < 4.78 is 32.3. The summed E-state index contributed by atoms with van der Waals surface area (Å²) in [6, 6.07) is -1.94. The van der Waals surface area contributed by atoms with Gasteiger partial charge in [-0.05, 0) is 49.8 Å². The number of benzene rings is 1. The number of aliphatic carboxylic acids is 1. The van der Waals surface area contributed by atoms with E-state index in [4.69, 9.17) is 51.2 Å². The molecule has 1 aromatic rings. The molecule has 0 saturated carbocycles. The van der Waals surface area contributed by atoms with Crippen molar-refractivity contribution < 1.29 is 101 Å². The molecule has 1 aromatic carbocycles. The molecule has 97 heavy (non-hydrogen) atoms. The Kier molecular flexibility index (Phi) is 46.2. The van der Waals surface area contributed by atoms with Crippen LogP contribution in [0.1, 0.15) is 50.5 Å². The van der Waals surface area contributed by atoms with Gasteiger partial charge in [-0.3, -0.25) is 72.6 Å². The molecule has 0 radical (unpaired) electrons. The number of unbranched alkanes of at least 4 members (excludes halogenated alkanes) is 1. The highest BCUT2D eigenvalue weighted by molar-refractivity contribution is 7.99. The van der Waals surface area contributed by atoms with Crippen molar-refractivity contribution >= 4 is 120 Å². The highest BCUT2D eigenvalue weighted by Gasteiger charge is 2.34. The van der Waals surface area contributed by atoms with Crippen LogP contribution in [0.4, 0.5) is 0 Å². The van der Waals surface area contributed by atoms with Crippen LogP contribution in [0, 0.1) is 5.41 Å². The second-order valence-corrected chi connectivity index (χ2v) is 22.9. The number of hydrogen-bond donors (Lipinski definition) is 19. The van der Waals surface area contributed by atoms with Crippen LogP contribution < -0.4 is 81.2 Å². The second kappa shape index (κ2) is 52.4. The topological polar surface area (TPSA) is 553 Å². The van der Waals surface area contributed by atoms with Gasteiger partial charge < -0.3 is 109 Å². The van der Waals surface area contributed by atoms with Gasteiger partial charge in [0.25, 0.3) is 0 Å². The Hall–Kier alpha value is -7.67. The second-order valence-electron chi connectivity index (χ2n) is 21.1. The summed E-state index contributed by atoms with van der Waals surface area (Å²) >= 11 is 9.44. The lowest BCUT2D eigenvalue weighted by Gasteiger charge is -2.26. The molecule has 2 rings (SSSR count). The molecule has 0 spiro atoms. The quantitative estimate of drug-likeness (QED) is 0.00954. The normalized spacial score (nSPS) is 19.9. The summed E-state index contributed by atoms with van der Waals surface area (Å²) in [5, 5.41) is 47.1. The van der Waals surface area contributed by atoms with Crippen molar-refractivity contribution in [2.45, 2.75) is 93.7 Å². The van der Waals surface area contributed by atoms with E-state index in [1.807, 2.05) is 0 Å². The third kappa shape index (κ3) is 41.2. The number of amides is 12. The van der Waals surface area contributed by atoms with Gasteiger partial charge in [-0.15, -0.1) is 0 Å². The van der Waals surface area contributed by atoms with Crippen LogP contribution in [-0.4, -0.2) is 272 Å². The molecule has 1 heterocycles. The first-order valence-electron chi connectivity index (χ1n) is 31.0.